The van der Waals surface area contributed by atoms with E-state index in [1.54, 1.807) is 0 Å². The van der Waals surface area contributed by atoms with Crippen LogP contribution in [0.25, 0.3) is 0 Å². The molecule has 1 aromatic carbocycles. The predicted molar refractivity (Wildman–Crippen MR) is 74.8 cm³/mol. The molecule has 1 heterocycles. The topological polar surface area (TPSA) is 12.0 Å². The van der Waals surface area contributed by atoms with Crippen molar-refractivity contribution in [3.63, 3.8) is 0 Å². The molecule has 0 amide bonds. The van der Waals surface area contributed by atoms with Gasteiger partial charge in [0.1, 0.15) is 0 Å². The zero-order valence-corrected chi connectivity index (χ0v) is 11.6. The molecule has 17 heavy (non-hydrogen) atoms. The smallest absolute Gasteiger partial charge is 0.0438 e. The average molecular weight is 252 g/mol. The van der Waals surface area contributed by atoms with Crippen molar-refractivity contribution in [3.05, 3.63) is 34.3 Å². The molecular weight excluding hydrogens is 230 g/mol. The molecule has 2 atom stereocenters. The first-order valence-electron chi connectivity index (χ1n) is 6.69. The Morgan fingerprint density at radius 3 is 2.94 bits per heavy atom. The van der Waals surface area contributed by atoms with E-state index in [-0.39, 0.29) is 0 Å². The van der Waals surface area contributed by atoms with Crippen LogP contribution < -0.4 is 5.32 Å². The predicted octanol–water partition coefficient (Wildman–Crippen LogP) is 4.14. The van der Waals surface area contributed by atoms with Gasteiger partial charge in [-0.05, 0) is 61.9 Å². The summed E-state index contributed by atoms with van der Waals surface area (Å²) in [6.07, 6.45) is 3.82. The number of rotatable bonds is 3. The highest BCUT2D eigenvalue weighted by atomic mass is 35.5. The summed E-state index contributed by atoms with van der Waals surface area (Å²) in [4.78, 5) is 0. The first-order valence-corrected chi connectivity index (χ1v) is 7.07. The second kappa shape index (κ2) is 5.88. The van der Waals surface area contributed by atoms with Crippen molar-refractivity contribution in [2.24, 2.45) is 5.92 Å². The van der Waals surface area contributed by atoms with Gasteiger partial charge >= 0.3 is 0 Å². The summed E-state index contributed by atoms with van der Waals surface area (Å²) < 4.78 is 0. The van der Waals surface area contributed by atoms with Crippen LogP contribution in [0.4, 0.5) is 0 Å². The van der Waals surface area contributed by atoms with Crippen LogP contribution in [-0.4, -0.2) is 13.1 Å². The summed E-state index contributed by atoms with van der Waals surface area (Å²) in [6, 6.07) is 6.60. The lowest BCUT2D eigenvalue weighted by atomic mass is 9.79. The minimum atomic E-state index is 0.689. The van der Waals surface area contributed by atoms with Crippen molar-refractivity contribution in [2.75, 3.05) is 13.1 Å². The first kappa shape index (κ1) is 12.9. The van der Waals surface area contributed by atoms with Gasteiger partial charge in [-0.3, -0.25) is 0 Å². The molecule has 1 fully saturated rings. The Bertz CT molecular complexity index is 373. The van der Waals surface area contributed by atoms with Gasteiger partial charge in [-0.15, -0.1) is 0 Å². The van der Waals surface area contributed by atoms with Gasteiger partial charge < -0.3 is 5.32 Å². The molecule has 94 valence electrons. The Hall–Kier alpha value is -0.530. The molecule has 0 aromatic heterocycles. The molecule has 0 aliphatic carbocycles. The molecule has 0 saturated carbocycles. The average Bonchev–Trinajstić information content (AvgIpc) is 2.34. The largest absolute Gasteiger partial charge is 0.316 e. The van der Waals surface area contributed by atoms with E-state index in [9.17, 15) is 0 Å². The summed E-state index contributed by atoms with van der Waals surface area (Å²) in [7, 11) is 0. The number of halogens is 1. The van der Waals surface area contributed by atoms with Gasteiger partial charge in [0, 0.05) is 5.02 Å². The van der Waals surface area contributed by atoms with Crippen LogP contribution >= 0.6 is 11.6 Å². The highest BCUT2D eigenvalue weighted by Crippen LogP contribution is 2.34. The van der Waals surface area contributed by atoms with Gasteiger partial charge in [-0.25, -0.2) is 0 Å². The summed E-state index contributed by atoms with van der Waals surface area (Å²) >= 11 is 6.24. The third-order valence-electron chi connectivity index (χ3n) is 3.89. The highest BCUT2D eigenvalue weighted by molar-refractivity contribution is 6.31. The Balaban J connectivity index is 2.20. The van der Waals surface area contributed by atoms with Crippen molar-refractivity contribution in [1.82, 2.24) is 5.32 Å². The second-order valence-electron chi connectivity index (χ2n) is 5.16. The third kappa shape index (κ3) is 3.02. The lowest BCUT2D eigenvalue weighted by Gasteiger charge is -2.32. The fourth-order valence-electron chi connectivity index (χ4n) is 2.88. The lowest BCUT2D eigenvalue weighted by molar-refractivity contribution is 0.307. The number of benzene rings is 1. The van der Waals surface area contributed by atoms with E-state index < -0.39 is 0 Å². The van der Waals surface area contributed by atoms with Crippen LogP contribution in [0.2, 0.25) is 5.02 Å². The molecule has 1 aromatic rings. The maximum Gasteiger partial charge on any atom is 0.0438 e. The van der Waals surface area contributed by atoms with E-state index in [0.29, 0.717) is 5.92 Å². The van der Waals surface area contributed by atoms with Crippen molar-refractivity contribution >= 4 is 11.6 Å². The molecule has 1 aliphatic heterocycles. The van der Waals surface area contributed by atoms with Crippen LogP contribution in [0.15, 0.2) is 18.2 Å². The van der Waals surface area contributed by atoms with Crippen LogP contribution in [0, 0.1) is 12.8 Å². The van der Waals surface area contributed by atoms with Crippen molar-refractivity contribution in [1.29, 1.82) is 0 Å². The Kier molecular flexibility index (Phi) is 4.47. The molecule has 1 saturated heterocycles. The van der Waals surface area contributed by atoms with E-state index in [4.69, 9.17) is 11.6 Å². The SMILES string of the molecule is CCCC1CNCCC1c1ccc(C)c(Cl)c1. The van der Waals surface area contributed by atoms with Crippen LogP contribution in [0.3, 0.4) is 0 Å². The Morgan fingerprint density at radius 1 is 1.41 bits per heavy atom. The lowest BCUT2D eigenvalue weighted by Crippen LogP contribution is -2.35. The van der Waals surface area contributed by atoms with Gasteiger partial charge in [0.2, 0.25) is 0 Å². The summed E-state index contributed by atoms with van der Waals surface area (Å²) in [5, 5.41) is 4.43. The Morgan fingerprint density at radius 2 is 2.24 bits per heavy atom. The zero-order valence-electron chi connectivity index (χ0n) is 10.8. The monoisotopic (exact) mass is 251 g/mol. The molecule has 1 aliphatic rings. The van der Waals surface area contributed by atoms with Gasteiger partial charge in [0.25, 0.3) is 0 Å². The van der Waals surface area contributed by atoms with Crippen molar-refractivity contribution in [2.45, 2.75) is 39.0 Å². The van der Waals surface area contributed by atoms with Crippen molar-refractivity contribution in [3.8, 4) is 0 Å². The summed E-state index contributed by atoms with van der Waals surface area (Å²) in [6.45, 7) is 6.63. The molecule has 0 spiro atoms. The second-order valence-corrected chi connectivity index (χ2v) is 5.56. The number of piperidine rings is 1. The molecule has 0 bridgehead atoms. The molecule has 1 N–H and O–H groups in total. The maximum absolute atomic E-state index is 6.24. The van der Waals surface area contributed by atoms with Crippen LogP contribution in [0.5, 0.6) is 0 Å². The van der Waals surface area contributed by atoms with Crippen LogP contribution in [0.1, 0.15) is 43.2 Å². The number of nitrogens with one attached hydrogen (secondary N) is 1. The fourth-order valence-corrected chi connectivity index (χ4v) is 3.06. The van der Waals surface area contributed by atoms with E-state index in [1.165, 1.54) is 30.4 Å². The third-order valence-corrected chi connectivity index (χ3v) is 4.30. The number of aryl methyl sites for hydroxylation is 1. The zero-order chi connectivity index (χ0) is 12.3. The van der Waals surface area contributed by atoms with Gasteiger partial charge in [-0.1, -0.05) is 37.1 Å². The van der Waals surface area contributed by atoms with E-state index >= 15 is 0 Å². The minimum absolute atomic E-state index is 0.689. The Labute approximate surface area is 110 Å². The number of hydrogen-bond donors (Lipinski definition) is 1. The standard InChI is InChI=1S/C15H22ClN/c1-3-4-13-10-17-8-7-14(13)12-6-5-11(2)15(16)9-12/h5-6,9,13-14,17H,3-4,7-8,10H2,1-2H3. The molecule has 2 unspecified atom stereocenters. The quantitative estimate of drug-likeness (QED) is 0.851. The first-order chi connectivity index (χ1) is 8.22. The normalized spacial score (nSPS) is 24.9. The molecule has 1 nitrogen and oxygen atoms in total. The fraction of sp³-hybridized carbons (Fsp3) is 0.600. The molecule has 2 rings (SSSR count). The highest BCUT2D eigenvalue weighted by Gasteiger charge is 2.25. The van der Waals surface area contributed by atoms with E-state index in [2.05, 4.69) is 37.4 Å². The van der Waals surface area contributed by atoms with E-state index in [0.717, 1.165) is 24.0 Å². The van der Waals surface area contributed by atoms with Crippen molar-refractivity contribution < 1.29 is 0 Å². The minimum Gasteiger partial charge on any atom is -0.316 e. The van der Waals surface area contributed by atoms with E-state index in [1.807, 2.05) is 0 Å². The van der Waals surface area contributed by atoms with Gasteiger partial charge in [-0.2, -0.15) is 0 Å². The van der Waals surface area contributed by atoms with Gasteiger partial charge in [0.15, 0.2) is 0 Å². The summed E-state index contributed by atoms with van der Waals surface area (Å²) in [5.41, 5.74) is 2.61. The number of hydrogen-bond acceptors (Lipinski definition) is 1. The van der Waals surface area contributed by atoms with Gasteiger partial charge in [0.05, 0.1) is 0 Å². The maximum atomic E-state index is 6.24. The van der Waals surface area contributed by atoms with Crippen LogP contribution in [-0.2, 0) is 0 Å². The molecule has 0 radical (unpaired) electrons. The summed E-state index contributed by atoms with van der Waals surface area (Å²) in [5.74, 6) is 1.46. The molecule has 2 heteroatoms. The molecular formula is C15H22ClN.